The van der Waals surface area contributed by atoms with Crippen molar-refractivity contribution in [3.63, 3.8) is 0 Å². The molecule has 1 fully saturated rings. The molecule has 0 unspecified atom stereocenters. The first-order valence-electron chi connectivity index (χ1n) is 12.6. The molecule has 0 spiro atoms. The van der Waals surface area contributed by atoms with Crippen LogP contribution in [0.1, 0.15) is 71.4 Å². The molecule has 4 rings (SSSR count). The van der Waals surface area contributed by atoms with Crippen LogP contribution in [0.15, 0.2) is 48.0 Å². The van der Waals surface area contributed by atoms with Crippen LogP contribution in [0.5, 0.6) is 5.75 Å². The van der Waals surface area contributed by atoms with Crippen molar-refractivity contribution in [2.75, 3.05) is 18.6 Å². The molecular weight excluding hydrogens is 516 g/mol. The third-order valence-electron chi connectivity index (χ3n) is 6.66. The average molecular weight is 549 g/mol. The van der Waals surface area contributed by atoms with Gasteiger partial charge in [-0.05, 0) is 61.1 Å². The summed E-state index contributed by atoms with van der Waals surface area (Å²) in [6.07, 6.45) is 0. The molecule has 2 aromatic carbocycles. The lowest BCUT2D eigenvalue weighted by Crippen LogP contribution is -2.29. The van der Waals surface area contributed by atoms with Gasteiger partial charge in [0.15, 0.2) is 5.13 Å². The first-order valence-corrected chi connectivity index (χ1v) is 13.4. The van der Waals surface area contributed by atoms with E-state index < -0.39 is 23.7 Å². The summed E-state index contributed by atoms with van der Waals surface area (Å²) >= 11 is 0.980. The molecule has 0 aliphatic carbocycles. The van der Waals surface area contributed by atoms with Crippen molar-refractivity contribution < 1.29 is 29.0 Å². The van der Waals surface area contributed by atoms with Crippen LogP contribution in [-0.4, -0.2) is 41.5 Å². The van der Waals surface area contributed by atoms with Crippen LogP contribution < -0.4 is 9.64 Å². The summed E-state index contributed by atoms with van der Waals surface area (Å²) < 4.78 is 10.5. The van der Waals surface area contributed by atoms with Gasteiger partial charge in [0.05, 0.1) is 31.0 Å². The number of benzene rings is 2. The van der Waals surface area contributed by atoms with E-state index in [1.165, 1.54) is 4.90 Å². The number of aromatic nitrogens is 1. The van der Waals surface area contributed by atoms with E-state index in [2.05, 4.69) is 25.8 Å². The molecule has 9 heteroatoms. The summed E-state index contributed by atoms with van der Waals surface area (Å²) in [7, 11) is 1.55. The molecule has 0 bridgehead atoms. The highest BCUT2D eigenvalue weighted by atomic mass is 32.1. The van der Waals surface area contributed by atoms with Gasteiger partial charge < -0.3 is 14.6 Å². The molecule has 3 aromatic rings. The standard InChI is InChI=1S/C30H32N2O6S/c1-8-38-28(36)26-17(3)31-29(39-26)32-23(18-9-12-20(13-10-18)30(4,5)6)22(25(34)27(32)35)24(33)19-11-14-21(37-7)16(2)15-19/h9-15,23,33H,8H2,1-7H3/b24-22+/t23-/m0/s1. The second-order valence-corrected chi connectivity index (χ2v) is 11.3. The predicted molar refractivity (Wildman–Crippen MR) is 150 cm³/mol. The molecule has 0 radical (unpaired) electrons. The largest absolute Gasteiger partial charge is 0.507 e. The van der Waals surface area contributed by atoms with Gasteiger partial charge in [-0.15, -0.1) is 0 Å². The number of hydrogen-bond acceptors (Lipinski definition) is 8. The van der Waals surface area contributed by atoms with E-state index in [4.69, 9.17) is 9.47 Å². The zero-order chi connectivity index (χ0) is 28.6. The number of aliphatic hydroxyl groups is 1. The van der Waals surface area contributed by atoms with Crippen molar-refractivity contribution in [3.8, 4) is 5.75 Å². The molecule has 204 valence electrons. The lowest BCUT2D eigenvalue weighted by molar-refractivity contribution is -0.132. The number of rotatable bonds is 6. The number of methoxy groups -OCH3 is 1. The Balaban J connectivity index is 1.92. The minimum atomic E-state index is -0.956. The molecule has 0 saturated carbocycles. The maximum atomic E-state index is 13.5. The third-order valence-corrected chi connectivity index (χ3v) is 7.79. The maximum absolute atomic E-state index is 13.5. The Morgan fingerprint density at radius 1 is 1.10 bits per heavy atom. The number of amides is 1. The van der Waals surface area contributed by atoms with Gasteiger partial charge in [-0.1, -0.05) is 56.4 Å². The first kappa shape index (κ1) is 28.0. The van der Waals surface area contributed by atoms with Crippen LogP contribution in [0.2, 0.25) is 0 Å². The summed E-state index contributed by atoms with van der Waals surface area (Å²) in [5, 5.41) is 11.6. The van der Waals surface area contributed by atoms with Crippen LogP contribution in [0.4, 0.5) is 5.13 Å². The highest BCUT2D eigenvalue weighted by molar-refractivity contribution is 7.17. The summed E-state index contributed by atoms with van der Waals surface area (Å²) in [6, 6.07) is 11.7. The van der Waals surface area contributed by atoms with Crippen LogP contribution in [0.3, 0.4) is 0 Å². The lowest BCUT2D eigenvalue weighted by Gasteiger charge is -2.25. The number of ether oxygens (including phenoxy) is 2. The molecule has 1 N–H and O–H groups in total. The van der Waals surface area contributed by atoms with Crippen LogP contribution >= 0.6 is 11.3 Å². The zero-order valence-electron chi connectivity index (χ0n) is 23.1. The second kappa shape index (κ2) is 10.6. The summed E-state index contributed by atoms with van der Waals surface area (Å²) in [6.45, 7) is 11.6. The van der Waals surface area contributed by atoms with Crippen molar-refractivity contribution in [2.45, 2.75) is 53.0 Å². The Bertz CT molecular complexity index is 1480. The van der Waals surface area contributed by atoms with Gasteiger partial charge in [0.2, 0.25) is 0 Å². The van der Waals surface area contributed by atoms with Gasteiger partial charge in [-0.2, -0.15) is 0 Å². The SMILES string of the molecule is CCOC(=O)c1sc(N2C(=O)C(=O)/C(=C(/O)c3ccc(OC)c(C)c3)[C@@H]2c2ccc(C(C)(C)C)cc2)nc1C. The minimum absolute atomic E-state index is 0.0568. The maximum Gasteiger partial charge on any atom is 0.350 e. The summed E-state index contributed by atoms with van der Waals surface area (Å²) in [5.41, 5.74) is 3.06. The fourth-order valence-electron chi connectivity index (χ4n) is 4.56. The van der Waals surface area contributed by atoms with Crippen molar-refractivity contribution in [3.05, 3.63) is 80.9 Å². The molecule has 1 aliphatic heterocycles. The average Bonchev–Trinajstić information content (AvgIpc) is 3.40. The van der Waals surface area contributed by atoms with Crippen molar-refractivity contribution in [1.29, 1.82) is 0 Å². The molecular formula is C30H32N2O6S. The molecule has 1 atom stereocenters. The molecule has 39 heavy (non-hydrogen) atoms. The number of carbonyl (C=O) groups is 3. The Morgan fingerprint density at radius 3 is 2.33 bits per heavy atom. The number of ketones is 1. The van der Waals surface area contributed by atoms with Crippen LogP contribution in [0, 0.1) is 13.8 Å². The fourth-order valence-corrected chi connectivity index (χ4v) is 5.55. The molecule has 1 amide bonds. The van der Waals surface area contributed by atoms with Gasteiger partial charge >= 0.3 is 11.9 Å². The molecule has 2 heterocycles. The monoisotopic (exact) mass is 548 g/mol. The van der Waals surface area contributed by atoms with Crippen molar-refractivity contribution in [1.82, 2.24) is 4.98 Å². The molecule has 1 aromatic heterocycles. The number of aryl methyl sites for hydroxylation is 2. The van der Waals surface area contributed by atoms with Gasteiger partial charge in [0.25, 0.3) is 5.78 Å². The molecule has 1 saturated heterocycles. The second-order valence-electron chi connectivity index (χ2n) is 10.4. The van der Waals surface area contributed by atoms with E-state index in [0.29, 0.717) is 22.6 Å². The number of hydrogen-bond donors (Lipinski definition) is 1. The van der Waals surface area contributed by atoms with E-state index >= 15 is 0 Å². The molecule has 1 aliphatic rings. The van der Waals surface area contributed by atoms with Gasteiger partial charge in [-0.3, -0.25) is 14.5 Å². The number of anilines is 1. The number of Topliss-reactive ketones (excluding diaryl/α,β-unsaturated/α-hetero) is 1. The van der Waals surface area contributed by atoms with Crippen LogP contribution in [0.25, 0.3) is 5.76 Å². The number of aliphatic hydroxyl groups excluding tert-OH is 1. The highest BCUT2D eigenvalue weighted by Gasteiger charge is 2.48. The number of esters is 1. The van der Waals surface area contributed by atoms with E-state index in [9.17, 15) is 19.5 Å². The molecule has 8 nitrogen and oxygen atoms in total. The summed E-state index contributed by atoms with van der Waals surface area (Å²) in [4.78, 5) is 45.5. The van der Waals surface area contributed by atoms with Gasteiger partial charge in [-0.25, -0.2) is 9.78 Å². The van der Waals surface area contributed by atoms with E-state index in [1.54, 1.807) is 39.2 Å². The van der Waals surface area contributed by atoms with E-state index in [1.807, 2.05) is 31.2 Å². The predicted octanol–water partition coefficient (Wildman–Crippen LogP) is 5.87. The fraction of sp³-hybridized carbons (Fsp3) is 0.333. The third kappa shape index (κ3) is 5.18. The summed E-state index contributed by atoms with van der Waals surface area (Å²) in [5.74, 6) is -1.89. The van der Waals surface area contributed by atoms with Gasteiger partial charge in [0, 0.05) is 5.56 Å². The Morgan fingerprint density at radius 2 is 1.77 bits per heavy atom. The number of carbonyl (C=O) groups excluding carboxylic acids is 3. The zero-order valence-corrected chi connectivity index (χ0v) is 23.9. The van der Waals surface area contributed by atoms with Crippen molar-refractivity contribution in [2.24, 2.45) is 0 Å². The Hall–Kier alpha value is -3.98. The lowest BCUT2D eigenvalue weighted by atomic mass is 9.85. The Labute approximate surface area is 231 Å². The normalized spacial score (nSPS) is 17.0. The quantitative estimate of drug-likeness (QED) is 0.178. The van der Waals surface area contributed by atoms with Crippen LogP contribution in [-0.2, 0) is 19.7 Å². The smallest absolute Gasteiger partial charge is 0.350 e. The number of thiazole rings is 1. The first-order chi connectivity index (χ1) is 18.4. The van der Waals surface area contributed by atoms with Crippen molar-refractivity contribution >= 4 is 39.9 Å². The topological polar surface area (TPSA) is 106 Å². The highest BCUT2D eigenvalue weighted by Crippen LogP contribution is 2.44. The minimum Gasteiger partial charge on any atom is -0.507 e. The van der Waals surface area contributed by atoms with E-state index in [-0.39, 0.29) is 33.4 Å². The Kier molecular flexibility index (Phi) is 7.66. The number of nitrogens with zero attached hydrogens (tertiary/aromatic N) is 2. The van der Waals surface area contributed by atoms with E-state index in [0.717, 1.165) is 22.5 Å². The van der Waals surface area contributed by atoms with Gasteiger partial charge in [0.1, 0.15) is 16.4 Å².